The predicted octanol–water partition coefficient (Wildman–Crippen LogP) is 3.35. The van der Waals surface area contributed by atoms with E-state index in [-0.39, 0.29) is 11.5 Å². The van der Waals surface area contributed by atoms with Crippen LogP contribution in [0, 0.1) is 13.8 Å². The Balaban J connectivity index is 1.61. The van der Waals surface area contributed by atoms with Crippen molar-refractivity contribution in [1.29, 1.82) is 0 Å². The quantitative estimate of drug-likeness (QED) is 0.685. The van der Waals surface area contributed by atoms with Crippen molar-refractivity contribution in [2.45, 2.75) is 26.8 Å². The highest BCUT2D eigenvalue weighted by Gasteiger charge is 2.08. The fourth-order valence-electron chi connectivity index (χ4n) is 3.08. The minimum absolute atomic E-state index is 0.0123. The Hall–Kier alpha value is -3.21. The second kappa shape index (κ2) is 8.45. The second-order valence-corrected chi connectivity index (χ2v) is 6.54. The smallest absolute Gasteiger partial charge is 0.251 e. The second-order valence-electron chi connectivity index (χ2n) is 6.54. The Morgan fingerprint density at radius 1 is 1.11 bits per heavy atom. The maximum Gasteiger partial charge on any atom is 0.251 e. The number of rotatable bonds is 6. The number of carbonyl (C=O) groups excluding carboxylic acids is 1. The first kappa shape index (κ1) is 18.6. The molecule has 1 amide bonds. The van der Waals surface area contributed by atoms with Crippen LogP contribution >= 0.6 is 0 Å². The molecule has 0 bridgehead atoms. The van der Waals surface area contributed by atoms with Gasteiger partial charge in [-0.25, -0.2) is 0 Å². The van der Waals surface area contributed by atoms with Gasteiger partial charge in [0.2, 0.25) is 0 Å². The summed E-state index contributed by atoms with van der Waals surface area (Å²) >= 11 is 0. The van der Waals surface area contributed by atoms with E-state index in [9.17, 15) is 9.59 Å². The Labute approximate surface area is 158 Å². The van der Waals surface area contributed by atoms with Gasteiger partial charge in [-0.1, -0.05) is 18.2 Å². The summed E-state index contributed by atoms with van der Waals surface area (Å²) in [5, 5.41) is 2.93. The zero-order valence-electron chi connectivity index (χ0n) is 15.6. The first-order chi connectivity index (χ1) is 13.1. The van der Waals surface area contributed by atoms with Crippen molar-refractivity contribution in [3.05, 3.63) is 88.1 Å². The topological polar surface area (TPSA) is 64.0 Å². The fraction of sp³-hybridized carbons (Fsp3) is 0.227. The molecule has 0 atom stereocenters. The number of benzene rings is 1. The molecular formula is C22H23N3O2. The first-order valence-corrected chi connectivity index (χ1v) is 9.02. The highest BCUT2D eigenvalue weighted by molar-refractivity contribution is 5.95. The number of aromatic nitrogens is 2. The lowest BCUT2D eigenvalue weighted by Crippen LogP contribution is -2.27. The number of nitrogens with zero attached hydrogens (tertiary/aromatic N) is 2. The molecule has 2 aromatic heterocycles. The number of hydrogen-bond donors (Lipinski definition) is 1. The third kappa shape index (κ3) is 4.50. The van der Waals surface area contributed by atoms with Crippen LogP contribution < -0.4 is 10.9 Å². The van der Waals surface area contributed by atoms with Crippen LogP contribution in [0.25, 0.3) is 11.1 Å². The van der Waals surface area contributed by atoms with E-state index in [0.717, 1.165) is 22.4 Å². The lowest BCUT2D eigenvalue weighted by molar-refractivity contribution is 0.0952. The fourth-order valence-corrected chi connectivity index (χ4v) is 3.08. The van der Waals surface area contributed by atoms with Gasteiger partial charge in [-0.15, -0.1) is 0 Å². The summed E-state index contributed by atoms with van der Waals surface area (Å²) in [4.78, 5) is 28.4. The van der Waals surface area contributed by atoms with Crippen molar-refractivity contribution in [3.8, 4) is 11.1 Å². The number of nitrogens with one attached hydrogen (secondary N) is 1. The van der Waals surface area contributed by atoms with Crippen molar-refractivity contribution in [2.24, 2.45) is 0 Å². The predicted molar refractivity (Wildman–Crippen MR) is 107 cm³/mol. The Kier molecular flexibility index (Phi) is 5.81. The number of aryl methyl sites for hydroxylation is 2. The van der Waals surface area contributed by atoms with Gasteiger partial charge in [-0.05, 0) is 61.2 Å². The average molecular weight is 361 g/mol. The summed E-state index contributed by atoms with van der Waals surface area (Å²) in [5.41, 5.74) is 4.67. The summed E-state index contributed by atoms with van der Waals surface area (Å²) in [5.74, 6) is -0.110. The van der Waals surface area contributed by atoms with E-state index >= 15 is 0 Å². The largest absolute Gasteiger partial charge is 0.352 e. The molecule has 0 aliphatic carbocycles. The molecule has 0 spiro atoms. The van der Waals surface area contributed by atoms with Gasteiger partial charge in [0, 0.05) is 42.8 Å². The molecule has 0 aliphatic rings. The van der Waals surface area contributed by atoms with Crippen molar-refractivity contribution in [1.82, 2.24) is 14.9 Å². The third-order valence-corrected chi connectivity index (χ3v) is 4.57. The lowest BCUT2D eigenvalue weighted by Gasteiger charge is -2.11. The summed E-state index contributed by atoms with van der Waals surface area (Å²) in [6.45, 7) is 5.01. The van der Waals surface area contributed by atoms with Crippen LogP contribution in [0.2, 0.25) is 0 Å². The van der Waals surface area contributed by atoms with E-state index in [4.69, 9.17) is 0 Å². The van der Waals surface area contributed by atoms with E-state index in [1.807, 2.05) is 50.4 Å². The number of pyridine rings is 2. The monoisotopic (exact) mass is 361 g/mol. The van der Waals surface area contributed by atoms with Gasteiger partial charge in [0.1, 0.15) is 0 Å². The van der Waals surface area contributed by atoms with Gasteiger partial charge < -0.3 is 9.88 Å². The Morgan fingerprint density at radius 3 is 2.70 bits per heavy atom. The molecule has 2 heterocycles. The molecule has 0 saturated heterocycles. The van der Waals surface area contributed by atoms with Crippen LogP contribution in [0.15, 0.2) is 65.7 Å². The van der Waals surface area contributed by atoms with Crippen LogP contribution in [0.1, 0.15) is 28.0 Å². The van der Waals surface area contributed by atoms with Crippen molar-refractivity contribution >= 4 is 5.91 Å². The SMILES string of the molecule is Cc1cnccc1-c1cccc(C(=O)NCCCn2c(C)cccc2=O)c1. The van der Waals surface area contributed by atoms with Gasteiger partial charge in [0.15, 0.2) is 0 Å². The molecule has 3 aromatic rings. The van der Waals surface area contributed by atoms with Crippen molar-refractivity contribution < 1.29 is 4.79 Å². The molecule has 1 N–H and O–H groups in total. The zero-order valence-corrected chi connectivity index (χ0v) is 15.6. The van der Waals surface area contributed by atoms with Gasteiger partial charge >= 0.3 is 0 Å². The minimum atomic E-state index is -0.110. The van der Waals surface area contributed by atoms with Gasteiger partial charge in [0.05, 0.1) is 0 Å². The number of hydrogen-bond acceptors (Lipinski definition) is 3. The molecule has 1 aromatic carbocycles. The molecular weight excluding hydrogens is 338 g/mol. The molecule has 0 aliphatic heterocycles. The first-order valence-electron chi connectivity index (χ1n) is 9.02. The van der Waals surface area contributed by atoms with Crippen LogP contribution in [0.5, 0.6) is 0 Å². The molecule has 27 heavy (non-hydrogen) atoms. The van der Waals surface area contributed by atoms with E-state index in [0.29, 0.717) is 25.1 Å². The van der Waals surface area contributed by atoms with Gasteiger partial charge in [-0.3, -0.25) is 14.6 Å². The Morgan fingerprint density at radius 2 is 1.93 bits per heavy atom. The van der Waals surface area contributed by atoms with Crippen LogP contribution in [0.4, 0.5) is 0 Å². The van der Waals surface area contributed by atoms with E-state index in [2.05, 4.69) is 10.3 Å². The van der Waals surface area contributed by atoms with Crippen molar-refractivity contribution in [2.75, 3.05) is 6.54 Å². The van der Waals surface area contributed by atoms with Crippen LogP contribution in [0.3, 0.4) is 0 Å². The summed E-state index contributed by atoms with van der Waals surface area (Å²) in [7, 11) is 0. The standard InChI is InChI=1S/C22H23N3O2/c1-16-15-23-12-10-20(16)18-7-4-8-19(14-18)22(27)24-11-5-13-25-17(2)6-3-9-21(25)26/h3-4,6-10,12,14-15H,5,11,13H2,1-2H3,(H,24,27). The summed E-state index contributed by atoms with van der Waals surface area (Å²) in [6.07, 6.45) is 4.26. The highest BCUT2D eigenvalue weighted by Crippen LogP contribution is 2.23. The minimum Gasteiger partial charge on any atom is -0.352 e. The van der Waals surface area contributed by atoms with Crippen LogP contribution in [-0.4, -0.2) is 22.0 Å². The molecule has 5 nitrogen and oxygen atoms in total. The maximum absolute atomic E-state index is 12.5. The molecule has 0 radical (unpaired) electrons. The summed E-state index contributed by atoms with van der Waals surface area (Å²) in [6, 6.07) is 14.7. The number of carbonyl (C=O) groups is 1. The molecule has 0 unspecified atom stereocenters. The number of amides is 1. The lowest BCUT2D eigenvalue weighted by atomic mass is 10.0. The highest BCUT2D eigenvalue weighted by atomic mass is 16.1. The van der Waals surface area contributed by atoms with Gasteiger partial charge in [-0.2, -0.15) is 0 Å². The van der Waals surface area contributed by atoms with E-state index in [1.54, 1.807) is 29.0 Å². The summed E-state index contributed by atoms with van der Waals surface area (Å²) < 4.78 is 1.72. The van der Waals surface area contributed by atoms with E-state index < -0.39 is 0 Å². The molecule has 138 valence electrons. The maximum atomic E-state index is 12.5. The Bertz CT molecular complexity index is 1010. The molecule has 5 heteroatoms. The zero-order chi connectivity index (χ0) is 19.2. The van der Waals surface area contributed by atoms with E-state index in [1.165, 1.54) is 0 Å². The van der Waals surface area contributed by atoms with Crippen LogP contribution in [-0.2, 0) is 6.54 Å². The normalized spacial score (nSPS) is 10.6. The van der Waals surface area contributed by atoms with Gasteiger partial charge in [0.25, 0.3) is 11.5 Å². The average Bonchev–Trinajstić information content (AvgIpc) is 2.67. The third-order valence-electron chi connectivity index (χ3n) is 4.57. The molecule has 3 rings (SSSR count). The molecule has 0 saturated carbocycles. The molecule has 0 fully saturated rings. The van der Waals surface area contributed by atoms with Crippen molar-refractivity contribution in [3.63, 3.8) is 0 Å².